The summed E-state index contributed by atoms with van der Waals surface area (Å²) >= 11 is 0. The van der Waals surface area contributed by atoms with Crippen LogP contribution in [-0.4, -0.2) is 50.5 Å². The molecular formula is C26H34N2O2. The zero-order valence-electron chi connectivity index (χ0n) is 18.1. The number of benzene rings is 2. The number of carbonyl (C=O) groups excluding carboxylic acids is 1. The van der Waals surface area contributed by atoms with E-state index in [2.05, 4.69) is 46.2 Å². The molecule has 0 spiro atoms. The first-order valence-corrected chi connectivity index (χ1v) is 11.5. The van der Waals surface area contributed by atoms with Gasteiger partial charge in [0.1, 0.15) is 11.5 Å². The van der Waals surface area contributed by atoms with Crippen LogP contribution in [0.15, 0.2) is 54.6 Å². The first-order valence-electron chi connectivity index (χ1n) is 11.5. The van der Waals surface area contributed by atoms with Crippen molar-refractivity contribution in [2.75, 3.05) is 44.7 Å². The second-order valence-corrected chi connectivity index (χ2v) is 8.64. The first kappa shape index (κ1) is 20.9. The van der Waals surface area contributed by atoms with Crippen LogP contribution in [0.4, 0.5) is 5.69 Å². The maximum atomic E-state index is 13.3. The third-order valence-electron chi connectivity index (χ3n) is 6.84. The number of hydrogen-bond donors (Lipinski definition) is 0. The van der Waals surface area contributed by atoms with E-state index in [0.29, 0.717) is 5.78 Å². The monoisotopic (exact) mass is 406 g/mol. The lowest BCUT2D eigenvalue weighted by Gasteiger charge is -2.37. The molecule has 30 heavy (non-hydrogen) atoms. The number of hydrogen-bond acceptors (Lipinski definition) is 4. The number of anilines is 1. The fourth-order valence-corrected chi connectivity index (χ4v) is 5.07. The second kappa shape index (κ2) is 10.1. The molecule has 160 valence electrons. The summed E-state index contributed by atoms with van der Waals surface area (Å²) in [5, 5.41) is 0. The quantitative estimate of drug-likeness (QED) is 0.633. The highest BCUT2D eigenvalue weighted by atomic mass is 16.5. The third-order valence-corrected chi connectivity index (χ3v) is 6.84. The predicted octanol–water partition coefficient (Wildman–Crippen LogP) is 4.75. The maximum absolute atomic E-state index is 13.3. The number of piperazine rings is 1. The van der Waals surface area contributed by atoms with Gasteiger partial charge in [0.05, 0.1) is 12.8 Å². The summed E-state index contributed by atoms with van der Waals surface area (Å²) < 4.78 is 5.54. The van der Waals surface area contributed by atoms with E-state index in [1.807, 2.05) is 18.2 Å². The average Bonchev–Trinajstić information content (AvgIpc) is 3.35. The smallest absolute Gasteiger partial charge is 0.143 e. The van der Waals surface area contributed by atoms with Crippen LogP contribution in [0.5, 0.6) is 5.75 Å². The number of Topliss-reactive ketones (excluding diaryl/α,β-unsaturated/α-hetero) is 1. The van der Waals surface area contributed by atoms with Crippen LogP contribution >= 0.6 is 0 Å². The summed E-state index contributed by atoms with van der Waals surface area (Å²) in [5.41, 5.74) is 2.38. The number of carbonyl (C=O) groups is 1. The van der Waals surface area contributed by atoms with Crippen molar-refractivity contribution in [3.05, 3.63) is 60.2 Å². The van der Waals surface area contributed by atoms with Crippen molar-refractivity contribution in [1.82, 2.24) is 4.90 Å². The molecule has 1 saturated heterocycles. The van der Waals surface area contributed by atoms with Gasteiger partial charge >= 0.3 is 0 Å². The molecule has 4 nitrogen and oxygen atoms in total. The lowest BCUT2D eigenvalue weighted by molar-refractivity contribution is -0.124. The third kappa shape index (κ3) is 4.86. The van der Waals surface area contributed by atoms with Crippen LogP contribution in [0.3, 0.4) is 0 Å². The minimum absolute atomic E-state index is 0.0431. The van der Waals surface area contributed by atoms with Gasteiger partial charge in [0, 0.05) is 38.0 Å². The van der Waals surface area contributed by atoms with Crippen LogP contribution in [0.25, 0.3) is 0 Å². The van der Waals surface area contributed by atoms with E-state index in [9.17, 15) is 4.79 Å². The Morgan fingerprint density at radius 1 is 0.967 bits per heavy atom. The second-order valence-electron chi connectivity index (χ2n) is 8.64. The van der Waals surface area contributed by atoms with Gasteiger partial charge in [0.2, 0.25) is 0 Å². The summed E-state index contributed by atoms with van der Waals surface area (Å²) in [6.45, 7) is 5.02. The van der Waals surface area contributed by atoms with Crippen LogP contribution in [0.2, 0.25) is 0 Å². The molecule has 2 aromatic rings. The number of para-hydroxylation sites is 2. The number of ketones is 1. The highest BCUT2D eigenvalue weighted by Gasteiger charge is 2.30. The summed E-state index contributed by atoms with van der Waals surface area (Å²) in [5.74, 6) is 1.74. The average molecular weight is 407 g/mol. The topological polar surface area (TPSA) is 32.8 Å². The normalized spacial score (nSPS) is 19.0. The van der Waals surface area contributed by atoms with E-state index in [0.717, 1.165) is 57.7 Å². The Balaban J connectivity index is 1.36. The molecule has 0 amide bonds. The van der Waals surface area contributed by atoms with Crippen LogP contribution in [-0.2, 0) is 4.79 Å². The van der Waals surface area contributed by atoms with Crippen molar-refractivity contribution in [2.45, 2.75) is 38.0 Å². The van der Waals surface area contributed by atoms with Crippen LogP contribution in [0, 0.1) is 5.92 Å². The molecule has 1 heterocycles. The van der Waals surface area contributed by atoms with E-state index in [4.69, 9.17) is 4.74 Å². The number of nitrogens with zero attached hydrogens (tertiary/aromatic N) is 2. The molecule has 1 atom stereocenters. The molecule has 2 fully saturated rings. The molecule has 1 aliphatic carbocycles. The molecule has 4 rings (SSSR count). The van der Waals surface area contributed by atoms with Crippen molar-refractivity contribution >= 4 is 11.5 Å². The van der Waals surface area contributed by atoms with E-state index < -0.39 is 0 Å². The molecule has 1 unspecified atom stereocenters. The molecule has 2 aromatic carbocycles. The lowest BCUT2D eigenvalue weighted by atomic mass is 9.84. The largest absolute Gasteiger partial charge is 0.495 e. The van der Waals surface area contributed by atoms with Gasteiger partial charge in [-0.15, -0.1) is 0 Å². The summed E-state index contributed by atoms with van der Waals surface area (Å²) in [6, 6.07) is 18.7. The Morgan fingerprint density at radius 2 is 1.63 bits per heavy atom. The van der Waals surface area contributed by atoms with Gasteiger partial charge in [0.25, 0.3) is 0 Å². The van der Waals surface area contributed by atoms with Gasteiger partial charge in [-0.05, 0) is 43.5 Å². The molecule has 1 aliphatic heterocycles. The van der Waals surface area contributed by atoms with Gasteiger partial charge < -0.3 is 9.64 Å². The molecule has 4 heteroatoms. The van der Waals surface area contributed by atoms with Crippen molar-refractivity contribution in [3.8, 4) is 5.75 Å². The first-order chi connectivity index (χ1) is 14.8. The fraction of sp³-hybridized carbons (Fsp3) is 0.500. The zero-order chi connectivity index (χ0) is 20.8. The zero-order valence-corrected chi connectivity index (χ0v) is 18.1. The van der Waals surface area contributed by atoms with E-state index >= 15 is 0 Å². The van der Waals surface area contributed by atoms with Crippen molar-refractivity contribution < 1.29 is 9.53 Å². The standard InChI is InChI=1S/C26H34N2O2/c1-30-25-14-8-7-13-24(25)28-19-17-27(18-20-28)16-15-23(21-9-3-2-4-10-21)26(29)22-11-5-6-12-22/h2-4,7-10,13-14,22-23H,5-6,11-12,15-20H2,1H3. The number of rotatable bonds is 8. The van der Waals surface area contributed by atoms with Crippen LogP contribution < -0.4 is 9.64 Å². The lowest BCUT2D eigenvalue weighted by Crippen LogP contribution is -2.47. The molecule has 0 aromatic heterocycles. The summed E-state index contributed by atoms with van der Waals surface area (Å²) in [6.07, 6.45) is 5.51. The number of methoxy groups -OCH3 is 1. The van der Waals surface area contributed by atoms with E-state index in [-0.39, 0.29) is 11.8 Å². The van der Waals surface area contributed by atoms with Gasteiger partial charge in [-0.2, -0.15) is 0 Å². The Bertz CT molecular complexity index is 809. The highest BCUT2D eigenvalue weighted by molar-refractivity contribution is 5.88. The van der Waals surface area contributed by atoms with Crippen LogP contribution in [0.1, 0.15) is 43.6 Å². The van der Waals surface area contributed by atoms with Crippen molar-refractivity contribution in [3.63, 3.8) is 0 Å². The summed E-state index contributed by atoms with van der Waals surface area (Å²) in [7, 11) is 1.74. The molecule has 2 aliphatic rings. The Kier molecular flexibility index (Phi) is 7.06. The number of ether oxygens (including phenoxy) is 1. The molecule has 1 saturated carbocycles. The van der Waals surface area contributed by atoms with E-state index in [1.54, 1.807) is 7.11 Å². The molecule has 0 bridgehead atoms. The van der Waals surface area contributed by atoms with Gasteiger partial charge in [-0.1, -0.05) is 55.3 Å². The minimum atomic E-state index is 0.0431. The van der Waals surface area contributed by atoms with Crippen molar-refractivity contribution in [2.24, 2.45) is 5.92 Å². The Labute approximate surface area is 180 Å². The van der Waals surface area contributed by atoms with Gasteiger partial charge in [-0.25, -0.2) is 0 Å². The van der Waals surface area contributed by atoms with Gasteiger partial charge in [-0.3, -0.25) is 9.69 Å². The maximum Gasteiger partial charge on any atom is 0.143 e. The SMILES string of the molecule is COc1ccccc1N1CCN(CCC(C(=O)C2CCCC2)c2ccccc2)CC1. The fourth-order valence-electron chi connectivity index (χ4n) is 5.07. The molecule has 0 radical (unpaired) electrons. The summed E-state index contributed by atoms with van der Waals surface area (Å²) in [4.78, 5) is 18.2. The Hall–Kier alpha value is -2.33. The Morgan fingerprint density at radius 3 is 2.33 bits per heavy atom. The molecule has 0 N–H and O–H groups in total. The van der Waals surface area contributed by atoms with Gasteiger partial charge in [0.15, 0.2) is 0 Å². The highest BCUT2D eigenvalue weighted by Crippen LogP contribution is 2.33. The minimum Gasteiger partial charge on any atom is -0.495 e. The molecular weight excluding hydrogens is 372 g/mol. The predicted molar refractivity (Wildman–Crippen MR) is 122 cm³/mol. The van der Waals surface area contributed by atoms with E-state index in [1.165, 1.54) is 24.1 Å². The van der Waals surface area contributed by atoms with Crippen molar-refractivity contribution in [1.29, 1.82) is 0 Å².